The van der Waals surface area contributed by atoms with Gasteiger partial charge < -0.3 is 19.7 Å². The zero-order valence-electron chi connectivity index (χ0n) is 17.0. The van der Waals surface area contributed by atoms with Gasteiger partial charge in [-0.15, -0.1) is 0 Å². The molecular weight excluding hydrogens is 415 g/mol. The Balaban J connectivity index is 1.83. The second kappa shape index (κ2) is 9.25. The van der Waals surface area contributed by atoms with Crippen molar-refractivity contribution >= 4 is 29.1 Å². The quantitative estimate of drug-likeness (QED) is 0.747. The number of hydrogen-bond acceptors (Lipinski definition) is 5. The Kier molecular flexibility index (Phi) is 6.69. The van der Waals surface area contributed by atoms with Crippen LogP contribution in [0.2, 0.25) is 0 Å². The fourth-order valence-corrected chi connectivity index (χ4v) is 3.16. The highest BCUT2D eigenvalue weighted by atomic mass is 19.4. The summed E-state index contributed by atoms with van der Waals surface area (Å²) in [5, 5.41) is 4.80. The average Bonchev–Trinajstić information content (AvgIpc) is 2.74. The number of carbonyl (C=O) groups excluding carboxylic acids is 2. The molecule has 1 saturated heterocycles. The van der Waals surface area contributed by atoms with Crippen molar-refractivity contribution in [1.82, 2.24) is 0 Å². The van der Waals surface area contributed by atoms with Crippen LogP contribution in [0.3, 0.4) is 0 Å². The third-order valence-corrected chi connectivity index (χ3v) is 4.79. The predicted octanol–water partition coefficient (Wildman–Crippen LogP) is 4.28. The zero-order chi connectivity index (χ0) is 22.6. The fourth-order valence-electron chi connectivity index (χ4n) is 3.16. The summed E-state index contributed by atoms with van der Waals surface area (Å²) < 4.78 is 49.5. The number of halogens is 3. The van der Waals surface area contributed by atoms with Crippen LogP contribution in [0.5, 0.6) is 0 Å². The molecule has 166 valence electrons. The standard InChI is InChI=1S/C21H22F3N3O4/c1-13-9-17(27-5-7-31-8-6-27)3-4-18(13)26-19(28)14-10-15(21(22,23)24)12-16(11-14)25-20(29)30-2/h3-4,9-12H,5-8H2,1-2H3,(H,25,29)(H,26,28). The Morgan fingerprint density at radius 1 is 1.06 bits per heavy atom. The summed E-state index contributed by atoms with van der Waals surface area (Å²) in [6.45, 7) is 4.58. The second-order valence-corrected chi connectivity index (χ2v) is 6.97. The van der Waals surface area contributed by atoms with Crippen molar-refractivity contribution in [2.24, 2.45) is 0 Å². The van der Waals surface area contributed by atoms with Crippen LogP contribution < -0.4 is 15.5 Å². The molecule has 31 heavy (non-hydrogen) atoms. The molecule has 2 aromatic carbocycles. The van der Waals surface area contributed by atoms with E-state index < -0.39 is 23.7 Å². The molecule has 0 spiro atoms. The number of alkyl halides is 3. The number of morpholine rings is 1. The lowest BCUT2D eigenvalue weighted by molar-refractivity contribution is -0.137. The van der Waals surface area contributed by atoms with Crippen molar-refractivity contribution in [3.05, 3.63) is 53.1 Å². The molecule has 1 heterocycles. The molecule has 0 atom stereocenters. The molecule has 1 fully saturated rings. The number of nitrogens with one attached hydrogen (secondary N) is 2. The average molecular weight is 437 g/mol. The number of methoxy groups -OCH3 is 1. The van der Waals surface area contributed by atoms with Crippen molar-refractivity contribution in [3.8, 4) is 0 Å². The van der Waals surface area contributed by atoms with E-state index in [1.807, 2.05) is 12.1 Å². The Labute approximate surface area is 177 Å². The largest absolute Gasteiger partial charge is 0.453 e. The van der Waals surface area contributed by atoms with Crippen molar-refractivity contribution in [1.29, 1.82) is 0 Å². The van der Waals surface area contributed by atoms with Crippen molar-refractivity contribution in [3.63, 3.8) is 0 Å². The molecule has 1 aliphatic heterocycles. The van der Waals surface area contributed by atoms with E-state index in [1.54, 1.807) is 13.0 Å². The van der Waals surface area contributed by atoms with Crippen molar-refractivity contribution < 1.29 is 32.2 Å². The Morgan fingerprint density at radius 2 is 1.77 bits per heavy atom. The normalized spacial score (nSPS) is 14.2. The van der Waals surface area contributed by atoms with Gasteiger partial charge in [-0.05, 0) is 48.9 Å². The molecule has 10 heteroatoms. The molecule has 0 bridgehead atoms. The third-order valence-electron chi connectivity index (χ3n) is 4.79. The van der Waals surface area contributed by atoms with Crippen LogP contribution in [0.15, 0.2) is 36.4 Å². The molecule has 2 amide bonds. The highest BCUT2D eigenvalue weighted by Crippen LogP contribution is 2.32. The van der Waals surface area contributed by atoms with Gasteiger partial charge in [0.25, 0.3) is 5.91 Å². The highest BCUT2D eigenvalue weighted by Gasteiger charge is 2.32. The first kappa shape index (κ1) is 22.4. The number of ether oxygens (including phenoxy) is 2. The maximum absolute atomic E-state index is 13.3. The summed E-state index contributed by atoms with van der Waals surface area (Å²) >= 11 is 0. The number of benzene rings is 2. The van der Waals surface area contributed by atoms with E-state index >= 15 is 0 Å². The number of hydrogen-bond donors (Lipinski definition) is 2. The first-order chi connectivity index (χ1) is 14.7. The SMILES string of the molecule is COC(=O)Nc1cc(C(=O)Nc2ccc(N3CCOCC3)cc2C)cc(C(F)(F)F)c1. The lowest BCUT2D eigenvalue weighted by atomic mass is 10.1. The van der Waals surface area contributed by atoms with Crippen LogP contribution in [-0.2, 0) is 15.7 Å². The van der Waals surface area contributed by atoms with E-state index in [4.69, 9.17) is 4.74 Å². The van der Waals surface area contributed by atoms with Gasteiger partial charge in [0.1, 0.15) is 0 Å². The van der Waals surface area contributed by atoms with Gasteiger partial charge in [-0.25, -0.2) is 4.79 Å². The fraction of sp³-hybridized carbons (Fsp3) is 0.333. The maximum Gasteiger partial charge on any atom is 0.416 e. The molecule has 0 aromatic heterocycles. The van der Waals surface area contributed by atoms with Gasteiger partial charge in [0.2, 0.25) is 0 Å². The van der Waals surface area contributed by atoms with Crippen LogP contribution in [0.1, 0.15) is 21.5 Å². The second-order valence-electron chi connectivity index (χ2n) is 6.97. The van der Waals surface area contributed by atoms with Gasteiger partial charge in [-0.2, -0.15) is 13.2 Å². The molecule has 0 saturated carbocycles. The maximum atomic E-state index is 13.3. The van der Waals surface area contributed by atoms with E-state index in [-0.39, 0.29) is 11.3 Å². The van der Waals surface area contributed by atoms with Crippen LogP contribution in [0.4, 0.5) is 35.0 Å². The molecule has 1 aliphatic rings. The predicted molar refractivity (Wildman–Crippen MR) is 110 cm³/mol. The minimum absolute atomic E-state index is 0.203. The van der Waals surface area contributed by atoms with E-state index in [0.29, 0.717) is 18.9 Å². The minimum Gasteiger partial charge on any atom is -0.453 e. The number of aryl methyl sites for hydroxylation is 1. The molecule has 0 unspecified atom stereocenters. The summed E-state index contributed by atoms with van der Waals surface area (Å²) in [7, 11) is 1.08. The molecule has 2 N–H and O–H groups in total. The van der Waals surface area contributed by atoms with Crippen LogP contribution >= 0.6 is 0 Å². The van der Waals surface area contributed by atoms with E-state index in [2.05, 4.69) is 20.3 Å². The summed E-state index contributed by atoms with van der Waals surface area (Å²) in [5.74, 6) is -0.735. The van der Waals surface area contributed by atoms with Gasteiger partial charge in [-0.3, -0.25) is 10.1 Å². The van der Waals surface area contributed by atoms with Crippen molar-refractivity contribution in [2.75, 3.05) is 48.9 Å². The first-order valence-electron chi connectivity index (χ1n) is 9.49. The van der Waals surface area contributed by atoms with Crippen LogP contribution in [-0.4, -0.2) is 45.4 Å². The van der Waals surface area contributed by atoms with Gasteiger partial charge in [-0.1, -0.05) is 0 Å². The van der Waals surface area contributed by atoms with Gasteiger partial charge in [0, 0.05) is 35.7 Å². The molecule has 7 nitrogen and oxygen atoms in total. The Morgan fingerprint density at radius 3 is 2.39 bits per heavy atom. The molecule has 0 aliphatic carbocycles. The van der Waals surface area contributed by atoms with Gasteiger partial charge in [0.05, 0.1) is 25.9 Å². The number of anilines is 3. The van der Waals surface area contributed by atoms with E-state index in [9.17, 15) is 22.8 Å². The summed E-state index contributed by atoms with van der Waals surface area (Å²) in [4.78, 5) is 26.2. The molecule has 2 aromatic rings. The number of nitrogens with zero attached hydrogens (tertiary/aromatic N) is 1. The topological polar surface area (TPSA) is 79.9 Å². The van der Waals surface area contributed by atoms with E-state index in [0.717, 1.165) is 49.6 Å². The summed E-state index contributed by atoms with van der Waals surface area (Å²) in [6, 6.07) is 8.06. The van der Waals surface area contributed by atoms with Crippen LogP contribution in [0.25, 0.3) is 0 Å². The molecular formula is C21H22F3N3O4. The number of rotatable bonds is 4. The van der Waals surface area contributed by atoms with Crippen LogP contribution in [0, 0.1) is 6.92 Å². The first-order valence-corrected chi connectivity index (χ1v) is 9.49. The van der Waals surface area contributed by atoms with Gasteiger partial charge >= 0.3 is 12.3 Å². The van der Waals surface area contributed by atoms with Gasteiger partial charge in [0.15, 0.2) is 0 Å². The summed E-state index contributed by atoms with van der Waals surface area (Å²) in [5.41, 5.74) is 0.691. The number of carbonyl (C=O) groups is 2. The number of amides is 2. The van der Waals surface area contributed by atoms with Crippen molar-refractivity contribution in [2.45, 2.75) is 13.1 Å². The minimum atomic E-state index is -4.70. The van der Waals surface area contributed by atoms with E-state index in [1.165, 1.54) is 0 Å². The highest BCUT2D eigenvalue weighted by molar-refractivity contribution is 6.05. The smallest absolute Gasteiger partial charge is 0.416 e. The zero-order valence-corrected chi connectivity index (χ0v) is 17.0. The molecule has 3 rings (SSSR count). The summed E-state index contributed by atoms with van der Waals surface area (Å²) in [6.07, 6.45) is -5.64. The third kappa shape index (κ3) is 5.66. The monoisotopic (exact) mass is 437 g/mol. The lowest BCUT2D eigenvalue weighted by Crippen LogP contribution is -2.36. The lowest BCUT2D eigenvalue weighted by Gasteiger charge is -2.29. The molecule has 0 radical (unpaired) electrons. The Bertz CT molecular complexity index is 973. The Hall–Kier alpha value is -3.27.